The number of aliphatic carboxylic acids is 1. The minimum absolute atomic E-state index is 0.126. The molecule has 3 N–H and O–H groups in total. The molecule has 1 saturated heterocycles. The number of carboxylic acids is 1. The number of halogens is 1. The van der Waals surface area contributed by atoms with E-state index in [1.54, 1.807) is 13.8 Å². The topological polar surface area (TPSA) is 142 Å². The van der Waals surface area contributed by atoms with Gasteiger partial charge in [0.2, 0.25) is 17.6 Å². The molecule has 0 radical (unpaired) electrons. The predicted octanol–water partition coefficient (Wildman–Crippen LogP) is 4.07. The van der Waals surface area contributed by atoms with Crippen LogP contribution >= 0.6 is 0 Å². The van der Waals surface area contributed by atoms with Crippen molar-refractivity contribution < 1.29 is 38.2 Å². The van der Waals surface area contributed by atoms with Crippen molar-refractivity contribution in [1.82, 2.24) is 15.5 Å². The van der Waals surface area contributed by atoms with E-state index in [-0.39, 0.29) is 17.4 Å². The third-order valence-corrected chi connectivity index (χ3v) is 7.98. The van der Waals surface area contributed by atoms with Crippen LogP contribution < -0.4 is 10.6 Å². The van der Waals surface area contributed by atoms with Gasteiger partial charge in [0.1, 0.15) is 23.9 Å². The molecule has 2 fully saturated rings. The molecular weight excluding hydrogens is 533 g/mol. The fourth-order valence-electron chi connectivity index (χ4n) is 5.46. The number of benzene rings is 1. The Labute approximate surface area is 240 Å². The SMILES string of the molecule is CCCCCCCC1C[C@]1(NC(=O)[C@@H]1CCCN1C(=O)CNC(=O)O[C@H](C(=O)c1ccc(F)cc1)C(C)C)C(=O)O. The second kappa shape index (κ2) is 14.4. The van der Waals surface area contributed by atoms with Crippen molar-refractivity contribution in [2.75, 3.05) is 13.1 Å². The van der Waals surface area contributed by atoms with E-state index in [1.807, 2.05) is 0 Å². The zero-order chi connectivity index (χ0) is 30.2. The normalized spacial score (nSPS) is 22.2. The molecule has 1 aromatic rings. The number of carboxylic acid groups (broad SMARTS) is 1. The standard InChI is InChI=1S/C30H42FN3O7/c1-4-5-6-7-8-10-21-17-30(21,28(38)39)33-27(37)23-11-9-16-34(23)24(35)18-32-29(40)41-26(19(2)3)25(36)20-12-14-22(31)15-13-20/h12-15,19,21,23,26H,4-11,16-18H2,1-3H3,(H,32,40)(H,33,37)(H,38,39)/t21?,23-,26-,30+/m0/s1. The summed E-state index contributed by atoms with van der Waals surface area (Å²) in [6.07, 6.45) is 5.28. The zero-order valence-corrected chi connectivity index (χ0v) is 24.1. The molecule has 10 nitrogen and oxygen atoms in total. The minimum atomic E-state index is -1.29. The van der Waals surface area contributed by atoms with Crippen molar-refractivity contribution in [2.24, 2.45) is 11.8 Å². The summed E-state index contributed by atoms with van der Waals surface area (Å²) < 4.78 is 18.5. The number of nitrogens with zero attached hydrogens (tertiary/aromatic N) is 1. The van der Waals surface area contributed by atoms with Gasteiger partial charge in [0.15, 0.2) is 6.10 Å². The number of unbranched alkanes of at least 4 members (excludes halogenated alkanes) is 4. The number of nitrogens with one attached hydrogen (secondary N) is 2. The lowest BCUT2D eigenvalue weighted by Crippen LogP contribution is -2.54. The Morgan fingerprint density at radius 2 is 1.78 bits per heavy atom. The molecule has 226 valence electrons. The van der Waals surface area contributed by atoms with Gasteiger partial charge in [0.25, 0.3) is 0 Å². The molecule has 4 atom stereocenters. The van der Waals surface area contributed by atoms with Crippen LogP contribution in [0.2, 0.25) is 0 Å². The van der Waals surface area contributed by atoms with Crippen molar-refractivity contribution in [3.8, 4) is 0 Å². The lowest BCUT2D eigenvalue weighted by atomic mass is 9.97. The number of rotatable bonds is 15. The smallest absolute Gasteiger partial charge is 0.408 e. The van der Waals surface area contributed by atoms with Crippen molar-refractivity contribution in [3.05, 3.63) is 35.6 Å². The first-order chi connectivity index (χ1) is 19.5. The van der Waals surface area contributed by atoms with Crippen LogP contribution in [-0.4, -0.2) is 70.4 Å². The number of alkyl carbamates (subject to hydrolysis) is 1. The predicted molar refractivity (Wildman–Crippen MR) is 149 cm³/mol. The maximum Gasteiger partial charge on any atom is 0.408 e. The number of ether oxygens (including phenoxy) is 1. The van der Waals surface area contributed by atoms with Gasteiger partial charge in [-0.2, -0.15) is 0 Å². The van der Waals surface area contributed by atoms with E-state index in [9.17, 15) is 33.5 Å². The van der Waals surface area contributed by atoms with Gasteiger partial charge in [-0.05, 0) is 61.8 Å². The maximum absolute atomic E-state index is 13.2. The van der Waals surface area contributed by atoms with E-state index in [1.165, 1.54) is 17.0 Å². The van der Waals surface area contributed by atoms with E-state index in [0.29, 0.717) is 25.8 Å². The van der Waals surface area contributed by atoms with Gasteiger partial charge >= 0.3 is 12.1 Å². The Kier molecular flexibility index (Phi) is 11.3. The van der Waals surface area contributed by atoms with Gasteiger partial charge in [-0.3, -0.25) is 14.4 Å². The number of carbonyl (C=O) groups excluding carboxylic acids is 4. The van der Waals surface area contributed by atoms with Gasteiger partial charge in [-0.15, -0.1) is 0 Å². The number of hydrogen-bond donors (Lipinski definition) is 3. The highest BCUT2D eigenvalue weighted by Gasteiger charge is 2.61. The largest absolute Gasteiger partial charge is 0.479 e. The van der Waals surface area contributed by atoms with E-state index in [0.717, 1.165) is 50.7 Å². The fraction of sp³-hybridized carbons (Fsp3) is 0.633. The lowest BCUT2D eigenvalue weighted by molar-refractivity contribution is -0.145. The van der Waals surface area contributed by atoms with Gasteiger partial charge in [0.05, 0.1) is 0 Å². The Hall–Kier alpha value is -3.50. The third-order valence-electron chi connectivity index (χ3n) is 7.98. The lowest BCUT2D eigenvalue weighted by Gasteiger charge is -2.26. The molecule has 41 heavy (non-hydrogen) atoms. The molecule has 0 spiro atoms. The number of Topliss-reactive ketones (excluding diaryl/α,β-unsaturated/α-hetero) is 1. The minimum Gasteiger partial charge on any atom is -0.479 e. The summed E-state index contributed by atoms with van der Waals surface area (Å²) in [7, 11) is 0. The molecule has 1 unspecified atom stereocenters. The van der Waals surface area contributed by atoms with Crippen molar-refractivity contribution in [3.63, 3.8) is 0 Å². The van der Waals surface area contributed by atoms with Crippen molar-refractivity contribution >= 4 is 29.7 Å². The first kappa shape index (κ1) is 32.0. The second-order valence-electron chi connectivity index (χ2n) is 11.4. The molecule has 1 heterocycles. The first-order valence-electron chi connectivity index (χ1n) is 14.6. The monoisotopic (exact) mass is 575 g/mol. The molecule has 1 aromatic carbocycles. The van der Waals surface area contributed by atoms with Crippen LogP contribution in [0.3, 0.4) is 0 Å². The summed E-state index contributed by atoms with van der Waals surface area (Å²) in [5.74, 6) is -3.58. The first-order valence-corrected chi connectivity index (χ1v) is 14.6. The average molecular weight is 576 g/mol. The molecule has 1 aliphatic carbocycles. The highest BCUT2D eigenvalue weighted by Crippen LogP contribution is 2.47. The molecule has 0 bridgehead atoms. The van der Waals surface area contributed by atoms with Crippen molar-refractivity contribution in [1.29, 1.82) is 0 Å². The number of carbonyl (C=O) groups is 5. The molecule has 0 aromatic heterocycles. The fourth-order valence-corrected chi connectivity index (χ4v) is 5.46. The number of ketones is 1. The Morgan fingerprint density at radius 1 is 1.10 bits per heavy atom. The number of hydrogen-bond acceptors (Lipinski definition) is 6. The zero-order valence-electron chi connectivity index (χ0n) is 24.1. The summed E-state index contributed by atoms with van der Waals surface area (Å²) >= 11 is 0. The summed E-state index contributed by atoms with van der Waals surface area (Å²) in [5.41, 5.74) is -1.10. The molecular formula is C30H42FN3O7. The Balaban J connectivity index is 1.51. The van der Waals surface area contributed by atoms with Gasteiger partial charge in [-0.1, -0.05) is 52.9 Å². The van der Waals surface area contributed by atoms with Crippen LogP contribution in [0, 0.1) is 17.7 Å². The van der Waals surface area contributed by atoms with Crippen LogP contribution in [-0.2, 0) is 19.1 Å². The average Bonchev–Trinajstić information content (AvgIpc) is 3.40. The van der Waals surface area contributed by atoms with Gasteiger partial charge in [-0.25, -0.2) is 14.0 Å². The van der Waals surface area contributed by atoms with Crippen LogP contribution in [0.4, 0.5) is 9.18 Å². The summed E-state index contributed by atoms with van der Waals surface area (Å²) in [6.45, 7) is 5.36. The quantitative estimate of drug-likeness (QED) is 0.211. The molecule has 3 amide bonds. The third kappa shape index (κ3) is 8.27. The molecule has 2 aliphatic rings. The highest BCUT2D eigenvalue weighted by molar-refractivity contribution is 6.00. The molecule has 3 rings (SSSR count). The van der Waals surface area contributed by atoms with Crippen LogP contribution in [0.1, 0.15) is 88.9 Å². The molecule has 1 saturated carbocycles. The van der Waals surface area contributed by atoms with Crippen LogP contribution in [0.15, 0.2) is 24.3 Å². The number of likely N-dealkylation sites (tertiary alicyclic amines) is 1. The van der Waals surface area contributed by atoms with Gasteiger partial charge in [0, 0.05) is 12.1 Å². The maximum atomic E-state index is 13.2. The van der Waals surface area contributed by atoms with E-state index >= 15 is 0 Å². The van der Waals surface area contributed by atoms with E-state index < -0.39 is 59.7 Å². The Bertz CT molecular complexity index is 1110. The van der Waals surface area contributed by atoms with Gasteiger partial charge < -0.3 is 25.4 Å². The number of amides is 3. The summed E-state index contributed by atoms with van der Waals surface area (Å²) in [6, 6.07) is 4.07. The van der Waals surface area contributed by atoms with E-state index in [2.05, 4.69) is 17.6 Å². The second-order valence-corrected chi connectivity index (χ2v) is 11.4. The van der Waals surface area contributed by atoms with Crippen LogP contribution in [0.25, 0.3) is 0 Å². The van der Waals surface area contributed by atoms with Crippen LogP contribution in [0.5, 0.6) is 0 Å². The van der Waals surface area contributed by atoms with E-state index in [4.69, 9.17) is 4.74 Å². The summed E-state index contributed by atoms with van der Waals surface area (Å²) in [5, 5.41) is 14.9. The molecule has 11 heteroatoms. The molecule has 1 aliphatic heterocycles. The Morgan fingerprint density at radius 3 is 2.41 bits per heavy atom. The van der Waals surface area contributed by atoms with Crippen molar-refractivity contribution in [2.45, 2.75) is 96.2 Å². The summed E-state index contributed by atoms with van der Waals surface area (Å²) in [4.78, 5) is 64.7. The highest BCUT2D eigenvalue weighted by atomic mass is 19.1.